The second-order valence-corrected chi connectivity index (χ2v) is 4.11. The Hall–Kier alpha value is -1.43. The van der Waals surface area contributed by atoms with Crippen molar-refractivity contribution in [3.05, 3.63) is 45.3 Å². The fourth-order valence-electron chi connectivity index (χ4n) is 1.40. The molecule has 16 heavy (non-hydrogen) atoms. The van der Waals surface area contributed by atoms with Crippen LogP contribution in [0.4, 0.5) is 4.39 Å². The van der Waals surface area contributed by atoms with Gasteiger partial charge in [0, 0.05) is 11.0 Å². The molecule has 0 amide bonds. The van der Waals surface area contributed by atoms with Crippen molar-refractivity contribution >= 4 is 15.9 Å². The van der Waals surface area contributed by atoms with Crippen LogP contribution in [0.3, 0.4) is 0 Å². The van der Waals surface area contributed by atoms with Gasteiger partial charge in [0.05, 0.1) is 5.69 Å². The van der Waals surface area contributed by atoms with Crippen LogP contribution in [0.15, 0.2) is 33.8 Å². The Morgan fingerprint density at radius 1 is 1.50 bits per heavy atom. The fraction of sp³-hybridized carbons (Fsp3) is 0.200. The van der Waals surface area contributed by atoms with Crippen molar-refractivity contribution in [3.63, 3.8) is 0 Å². The molecule has 0 aliphatic carbocycles. The van der Waals surface area contributed by atoms with Gasteiger partial charge in [-0.2, -0.15) is 5.10 Å². The van der Waals surface area contributed by atoms with Gasteiger partial charge in [0.1, 0.15) is 12.1 Å². The minimum atomic E-state index is -0.466. The Morgan fingerprint density at radius 3 is 2.81 bits per heavy atom. The molecule has 0 saturated heterocycles. The van der Waals surface area contributed by atoms with Crippen LogP contribution in [0.2, 0.25) is 0 Å². The third-order valence-electron chi connectivity index (χ3n) is 2.20. The molecular formula is C10H9BrFN3O. The third-order valence-corrected chi connectivity index (χ3v) is 2.70. The molecule has 84 valence electrons. The van der Waals surface area contributed by atoms with Gasteiger partial charge in [-0.25, -0.2) is 18.4 Å². The fourth-order valence-corrected chi connectivity index (χ4v) is 1.73. The Morgan fingerprint density at radius 2 is 2.25 bits per heavy atom. The van der Waals surface area contributed by atoms with E-state index in [1.54, 1.807) is 13.0 Å². The van der Waals surface area contributed by atoms with Crippen LogP contribution in [0.5, 0.6) is 0 Å². The zero-order valence-corrected chi connectivity index (χ0v) is 10.1. The van der Waals surface area contributed by atoms with Crippen LogP contribution >= 0.6 is 15.9 Å². The molecule has 0 aliphatic rings. The zero-order chi connectivity index (χ0) is 11.7. The molecule has 0 saturated carbocycles. The van der Waals surface area contributed by atoms with E-state index in [1.165, 1.54) is 27.7 Å². The average Bonchev–Trinajstić information content (AvgIpc) is 2.60. The summed E-state index contributed by atoms with van der Waals surface area (Å²) in [4.78, 5) is 11.7. The maximum atomic E-state index is 13.6. The molecule has 0 fully saturated rings. The van der Waals surface area contributed by atoms with E-state index in [4.69, 9.17) is 0 Å². The molecule has 1 aromatic carbocycles. The number of aromatic nitrogens is 3. The zero-order valence-electron chi connectivity index (χ0n) is 8.52. The Balaban J connectivity index is 2.59. The van der Waals surface area contributed by atoms with Crippen LogP contribution in [0, 0.1) is 5.82 Å². The first kappa shape index (κ1) is 11.1. The first-order valence-electron chi connectivity index (χ1n) is 4.73. The van der Waals surface area contributed by atoms with Crippen LogP contribution < -0.4 is 5.69 Å². The van der Waals surface area contributed by atoms with Crippen molar-refractivity contribution in [2.75, 3.05) is 0 Å². The lowest BCUT2D eigenvalue weighted by molar-refractivity contribution is 0.606. The standard InChI is InChI=1S/C10H9BrFN3O/c1-2-15-10(16)14(6-13-15)9-4-3-7(11)5-8(9)12/h3-6H,2H2,1H3. The molecule has 0 radical (unpaired) electrons. The number of hydrogen-bond acceptors (Lipinski definition) is 2. The van der Waals surface area contributed by atoms with Gasteiger partial charge in [-0.05, 0) is 25.1 Å². The molecule has 0 spiro atoms. The summed E-state index contributed by atoms with van der Waals surface area (Å²) in [5, 5.41) is 3.86. The van der Waals surface area contributed by atoms with Gasteiger partial charge in [0.2, 0.25) is 0 Å². The van der Waals surface area contributed by atoms with Crippen LogP contribution in [0.1, 0.15) is 6.92 Å². The van der Waals surface area contributed by atoms with Crippen molar-refractivity contribution in [1.82, 2.24) is 14.3 Å². The van der Waals surface area contributed by atoms with E-state index in [0.717, 1.165) is 0 Å². The molecule has 0 atom stereocenters. The molecule has 4 nitrogen and oxygen atoms in total. The van der Waals surface area contributed by atoms with E-state index < -0.39 is 5.82 Å². The quantitative estimate of drug-likeness (QED) is 0.846. The topological polar surface area (TPSA) is 39.8 Å². The summed E-state index contributed by atoms with van der Waals surface area (Å²) >= 11 is 3.16. The normalized spacial score (nSPS) is 10.7. The van der Waals surface area contributed by atoms with E-state index in [1.807, 2.05) is 0 Å². The Labute approximate surface area is 99.4 Å². The molecular weight excluding hydrogens is 277 g/mol. The monoisotopic (exact) mass is 285 g/mol. The highest BCUT2D eigenvalue weighted by Crippen LogP contribution is 2.17. The predicted molar refractivity (Wildman–Crippen MR) is 61.2 cm³/mol. The molecule has 6 heteroatoms. The van der Waals surface area contributed by atoms with Crippen LogP contribution in [-0.2, 0) is 6.54 Å². The van der Waals surface area contributed by atoms with E-state index in [0.29, 0.717) is 11.0 Å². The highest BCUT2D eigenvalue weighted by atomic mass is 79.9. The first-order chi connectivity index (χ1) is 7.63. The summed E-state index contributed by atoms with van der Waals surface area (Å²) in [7, 11) is 0. The summed E-state index contributed by atoms with van der Waals surface area (Å²) in [6.45, 7) is 2.26. The van der Waals surface area contributed by atoms with Gasteiger partial charge >= 0.3 is 5.69 Å². The highest BCUT2D eigenvalue weighted by Gasteiger charge is 2.10. The van der Waals surface area contributed by atoms with Gasteiger partial charge in [-0.1, -0.05) is 15.9 Å². The number of rotatable bonds is 2. The molecule has 2 rings (SSSR count). The van der Waals surface area contributed by atoms with Gasteiger partial charge in [0.25, 0.3) is 0 Å². The smallest absolute Gasteiger partial charge is 0.247 e. The van der Waals surface area contributed by atoms with Gasteiger partial charge in [0.15, 0.2) is 0 Å². The second kappa shape index (κ2) is 4.21. The van der Waals surface area contributed by atoms with Crippen molar-refractivity contribution < 1.29 is 4.39 Å². The summed E-state index contributed by atoms with van der Waals surface area (Å²) in [5.74, 6) is -0.466. The van der Waals surface area contributed by atoms with E-state index >= 15 is 0 Å². The van der Waals surface area contributed by atoms with Gasteiger partial charge in [-0.3, -0.25) is 0 Å². The van der Waals surface area contributed by atoms with Gasteiger partial charge < -0.3 is 0 Å². The number of aryl methyl sites for hydroxylation is 1. The molecule has 0 N–H and O–H groups in total. The largest absolute Gasteiger partial charge is 0.350 e. The SMILES string of the molecule is CCn1ncn(-c2ccc(Br)cc2F)c1=O. The lowest BCUT2D eigenvalue weighted by atomic mass is 10.3. The number of benzene rings is 1. The number of nitrogens with zero attached hydrogens (tertiary/aromatic N) is 3. The number of halogens is 2. The highest BCUT2D eigenvalue weighted by molar-refractivity contribution is 9.10. The Bertz CT molecular complexity index is 576. The van der Waals surface area contributed by atoms with Crippen molar-refractivity contribution in [2.24, 2.45) is 0 Å². The van der Waals surface area contributed by atoms with Crippen LogP contribution in [-0.4, -0.2) is 14.3 Å². The molecule has 2 aromatic rings. The summed E-state index contributed by atoms with van der Waals surface area (Å²) in [5.41, 5.74) is -0.142. The minimum absolute atomic E-state index is 0.202. The lowest BCUT2D eigenvalue weighted by Crippen LogP contribution is -2.23. The van der Waals surface area contributed by atoms with Crippen molar-refractivity contribution in [2.45, 2.75) is 13.5 Å². The van der Waals surface area contributed by atoms with E-state index in [-0.39, 0.29) is 11.4 Å². The lowest BCUT2D eigenvalue weighted by Gasteiger charge is -2.02. The van der Waals surface area contributed by atoms with E-state index in [9.17, 15) is 9.18 Å². The Kier molecular flexibility index (Phi) is 2.91. The molecule has 1 aromatic heterocycles. The molecule has 1 heterocycles. The van der Waals surface area contributed by atoms with E-state index in [2.05, 4.69) is 21.0 Å². The summed E-state index contributed by atoms with van der Waals surface area (Å²) in [6, 6.07) is 4.52. The summed E-state index contributed by atoms with van der Waals surface area (Å²) in [6.07, 6.45) is 1.32. The molecule has 0 unspecified atom stereocenters. The third kappa shape index (κ3) is 1.80. The van der Waals surface area contributed by atoms with Crippen LogP contribution in [0.25, 0.3) is 5.69 Å². The summed E-state index contributed by atoms with van der Waals surface area (Å²) < 4.78 is 16.7. The molecule has 0 aliphatic heterocycles. The first-order valence-corrected chi connectivity index (χ1v) is 5.52. The van der Waals surface area contributed by atoms with Gasteiger partial charge in [-0.15, -0.1) is 0 Å². The minimum Gasteiger partial charge on any atom is -0.247 e. The van der Waals surface area contributed by atoms with Crippen molar-refractivity contribution in [1.29, 1.82) is 0 Å². The second-order valence-electron chi connectivity index (χ2n) is 3.20. The maximum absolute atomic E-state index is 13.6. The number of hydrogen-bond donors (Lipinski definition) is 0. The molecule has 0 bridgehead atoms. The maximum Gasteiger partial charge on any atom is 0.350 e. The van der Waals surface area contributed by atoms with Crippen molar-refractivity contribution in [3.8, 4) is 5.69 Å². The average molecular weight is 286 g/mol. The predicted octanol–water partition coefficient (Wildman–Crippen LogP) is 1.96.